The van der Waals surface area contributed by atoms with Gasteiger partial charge in [-0.1, -0.05) is 19.1 Å². The summed E-state index contributed by atoms with van der Waals surface area (Å²) >= 11 is 5.00. The second kappa shape index (κ2) is 4.76. The molecule has 4 heteroatoms. The lowest BCUT2D eigenvalue weighted by molar-refractivity contribution is -0.0522. The average molecular weight is 228 g/mol. The number of hydrogen-bond donors (Lipinski definition) is 1. The molecule has 3 atom stereocenters. The molecule has 0 aliphatic carbocycles. The molecular weight excluding hydrogens is 208 g/mol. The molecule has 2 bridgehead atoms. The van der Waals surface area contributed by atoms with Crippen molar-refractivity contribution in [3.05, 3.63) is 0 Å². The molecule has 86 valence electrons. The summed E-state index contributed by atoms with van der Waals surface area (Å²) in [5.74, 6) is 0. The van der Waals surface area contributed by atoms with Gasteiger partial charge in [-0.25, -0.2) is 0 Å². The van der Waals surface area contributed by atoms with Crippen LogP contribution in [0.15, 0.2) is 0 Å². The Balaban J connectivity index is 1.93. The summed E-state index contributed by atoms with van der Waals surface area (Å²) in [7, 11) is 0. The molecule has 0 radical (unpaired) electrons. The maximum atomic E-state index is 5.82. The van der Waals surface area contributed by atoms with E-state index in [9.17, 15) is 0 Å². The molecule has 3 nitrogen and oxygen atoms in total. The minimum Gasteiger partial charge on any atom is -0.393 e. The van der Waals surface area contributed by atoms with Crippen LogP contribution in [0.3, 0.4) is 0 Å². The quantitative estimate of drug-likeness (QED) is 0.736. The Morgan fingerprint density at radius 1 is 1.47 bits per heavy atom. The van der Waals surface area contributed by atoms with Gasteiger partial charge >= 0.3 is 0 Å². The molecule has 2 aliphatic rings. The van der Waals surface area contributed by atoms with Crippen molar-refractivity contribution in [1.29, 1.82) is 0 Å². The number of morpholine rings is 1. The maximum Gasteiger partial charge on any atom is 0.0743 e. The highest BCUT2D eigenvalue weighted by atomic mass is 32.1. The number of nitrogens with two attached hydrogens (primary N) is 1. The van der Waals surface area contributed by atoms with Gasteiger partial charge in [-0.2, -0.15) is 0 Å². The molecule has 0 amide bonds. The van der Waals surface area contributed by atoms with E-state index in [1.54, 1.807) is 0 Å². The summed E-state index contributed by atoms with van der Waals surface area (Å²) < 4.78 is 5.82. The van der Waals surface area contributed by atoms with Crippen molar-refractivity contribution in [2.24, 2.45) is 5.73 Å². The van der Waals surface area contributed by atoms with E-state index in [4.69, 9.17) is 22.7 Å². The largest absolute Gasteiger partial charge is 0.393 e. The fraction of sp³-hybridized carbons (Fsp3) is 0.909. The molecule has 2 rings (SSSR count). The highest BCUT2D eigenvalue weighted by Gasteiger charge is 2.35. The molecule has 2 saturated heterocycles. The molecule has 0 saturated carbocycles. The van der Waals surface area contributed by atoms with Crippen molar-refractivity contribution in [2.45, 2.75) is 50.9 Å². The lowest BCUT2D eigenvalue weighted by atomic mass is 10.1. The Morgan fingerprint density at radius 3 is 2.53 bits per heavy atom. The van der Waals surface area contributed by atoms with Gasteiger partial charge in [-0.3, -0.25) is 4.90 Å². The number of ether oxygens (including phenoxy) is 1. The van der Waals surface area contributed by atoms with E-state index in [0.29, 0.717) is 23.2 Å². The third-order valence-electron chi connectivity index (χ3n) is 3.50. The smallest absolute Gasteiger partial charge is 0.0743 e. The van der Waals surface area contributed by atoms with Crippen LogP contribution >= 0.6 is 12.2 Å². The summed E-state index contributed by atoms with van der Waals surface area (Å²) in [5, 5.41) is 0. The number of hydrogen-bond acceptors (Lipinski definition) is 3. The Kier molecular flexibility index (Phi) is 3.59. The van der Waals surface area contributed by atoms with Gasteiger partial charge < -0.3 is 10.5 Å². The molecule has 0 aromatic heterocycles. The lowest BCUT2D eigenvalue weighted by Crippen LogP contribution is -2.48. The van der Waals surface area contributed by atoms with Crippen molar-refractivity contribution in [1.82, 2.24) is 4.90 Å². The van der Waals surface area contributed by atoms with Crippen LogP contribution < -0.4 is 5.73 Å². The molecule has 0 aromatic rings. The second-order valence-corrected chi connectivity index (χ2v) is 5.17. The number of rotatable bonds is 4. The molecule has 2 fully saturated rings. The maximum absolute atomic E-state index is 5.82. The van der Waals surface area contributed by atoms with E-state index in [-0.39, 0.29) is 0 Å². The van der Waals surface area contributed by atoms with Gasteiger partial charge in [0.25, 0.3) is 0 Å². The van der Waals surface area contributed by atoms with E-state index in [0.717, 1.165) is 25.9 Å². The minimum absolute atomic E-state index is 0.462. The zero-order valence-electron chi connectivity index (χ0n) is 9.32. The molecular formula is C11H20N2OS. The molecule has 2 N–H and O–H groups in total. The van der Waals surface area contributed by atoms with Crippen LogP contribution in [0, 0.1) is 0 Å². The fourth-order valence-corrected chi connectivity index (χ4v) is 2.90. The van der Waals surface area contributed by atoms with E-state index < -0.39 is 0 Å². The third kappa shape index (κ3) is 2.68. The Hall–Kier alpha value is -0.190. The molecule has 15 heavy (non-hydrogen) atoms. The van der Waals surface area contributed by atoms with Crippen LogP contribution in [0.4, 0.5) is 0 Å². The second-order valence-electron chi connectivity index (χ2n) is 4.64. The summed E-state index contributed by atoms with van der Waals surface area (Å²) in [4.78, 5) is 3.16. The van der Waals surface area contributed by atoms with Gasteiger partial charge in [0.2, 0.25) is 0 Å². The first-order chi connectivity index (χ1) is 7.19. The van der Waals surface area contributed by atoms with Crippen LogP contribution in [-0.2, 0) is 4.74 Å². The van der Waals surface area contributed by atoms with Crippen molar-refractivity contribution in [3.63, 3.8) is 0 Å². The molecule has 0 spiro atoms. The summed E-state index contributed by atoms with van der Waals surface area (Å²) in [6.07, 6.45) is 5.35. The van der Waals surface area contributed by atoms with E-state index in [1.165, 1.54) is 12.8 Å². The Morgan fingerprint density at radius 2 is 2.07 bits per heavy atom. The van der Waals surface area contributed by atoms with Crippen molar-refractivity contribution < 1.29 is 4.74 Å². The van der Waals surface area contributed by atoms with Crippen LogP contribution in [-0.4, -0.2) is 41.2 Å². The molecule has 2 heterocycles. The molecule has 3 unspecified atom stereocenters. The van der Waals surface area contributed by atoms with E-state index in [1.807, 2.05) is 0 Å². The van der Waals surface area contributed by atoms with Crippen LogP contribution in [0.25, 0.3) is 0 Å². The Bertz CT molecular complexity index is 235. The topological polar surface area (TPSA) is 38.5 Å². The van der Waals surface area contributed by atoms with Crippen molar-refractivity contribution in [2.75, 3.05) is 13.1 Å². The van der Waals surface area contributed by atoms with Crippen molar-refractivity contribution in [3.8, 4) is 0 Å². The zero-order chi connectivity index (χ0) is 10.8. The predicted octanol–water partition coefficient (Wildman–Crippen LogP) is 1.30. The summed E-state index contributed by atoms with van der Waals surface area (Å²) in [6.45, 7) is 4.34. The van der Waals surface area contributed by atoms with Gasteiger partial charge in [-0.05, 0) is 19.3 Å². The standard InChI is InChI=1S/C11H20N2OS/c1-2-8(5-11(12)15)13-6-9-3-4-10(7-13)14-9/h8-10H,2-7H2,1H3,(H2,12,15). The lowest BCUT2D eigenvalue weighted by Gasteiger charge is -2.37. The van der Waals surface area contributed by atoms with Gasteiger partial charge in [0.15, 0.2) is 0 Å². The number of fused-ring (bicyclic) bond motifs is 2. The van der Waals surface area contributed by atoms with Crippen molar-refractivity contribution >= 4 is 17.2 Å². The van der Waals surface area contributed by atoms with Crippen LogP contribution in [0.2, 0.25) is 0 Å². The third-order valence-corrected chi connectivity index (χ3v) is 3.66. The van der Waals surface area contributed by atoms with Gasteiger partial charge in [0, 0.05) is 25.6 Å². The number of thiocarbonyl (C=S) groups is 1. The number of likely N-dealkylation sites (tertiary alicyclic amines) is 1. The minimum atomic E-state index is 0.462. The first-order valence-electron chi connectivity index (χ1n) is 5.87. The normalized spacial score (nSPS) is 32.9. The van der Waals surface area contributed by atoms with E-state index >= 15 is 0 Å². The van der Waals surface area contributed by atoms with Gasteiger partial charge in [-0.15, -0.1) is 0 Å². The molecule has 0 aromatic carbocycles. The average Bonchev–Trinajstić information content (AvgIpc) is 2.54. The Labute approximate surface area is 96.9 Å². The first kappa shape index (κ1) is 11.3. The van der Waals surface area contributed by atoms with Gasteiger partial charge in [0.1, 0.15) is 0 Å². The SMILES string of the molecule is CCC(CC(N)=S)N1CC2CCC(C1)O2. The predicted molar refractivity (Wildman–Crippen MR) is 64.9 cm³/mol. The summed E-state index contributed by atoms with van der Waals surface area (Å²) in [5.41, 5.74) is 5.63. The zero-order valence-corrected chi connectivity index (χ0v) is 10.1. The molecule has 2 aliphatic heterocycles. The summed E-state index contributed by atoms with van der Waals surface area (Å²) in [6, 6.07) is 0.523. The first-order valence-corrected chi connectivity index (χ1v) is 6.27. The van der Waals surface area contributed by atoms with E-state index in [2.05, 4.69) is 11.8 Å². The monoisotopic (exact) mass is 228 g/mol. The van der Waals surface area contributed by atoms with Crippen LogP contribution in [0.1, 0.15) is 32.6 Å². The van der Waals surface area contributed by atoms with Crippen LogP contribution in [0.5, 0.6) is 0 Å². The van der Waals surface area contributed by atoms with Gasteiger partial charge in [0.05, 0.1) is 17.2 Å². The fourth-order valence-electron chi connectivity index (χ4n) is 2.71. The highest BCUT2D eigenvalue weighted by Crippen LogP contribution is 2.28. The highest BCUT2D eigenvalue weighted by molar-refractivity contribution is 7.80. The number of nitrogens with zero attached hydrogens (tertiary/aromatic N) is 1.